The number of rotatable bonds is 7. The highest BCUT2D eigenvalue weighted by atomic mass is 32.2. The van der Waals surface area contributed by atoms with Crippen molar-refractivity contribution >= 4 is 23.4 Å². The SMILES string of the molecule is O=C(NCC1(N2CCN(c3ccccc3)CC2)CCOCC1)c1cccnc1Sc1ccccc1. The number of hydrogen-bond acceptors (Lipinski definition) is 6. The first-order valence-corrected chi connectivity index (χ1v) is 13.1. The number of benzene rings is 2. The first kappa shape index (κ1) is 23.9. The zero-order valence-corrected chi connectivity index (χ0v) is 20.8. The van der Waals surface area contributed by atoms with Crippen LogP contribution in [-0.4, -0.2) is 67.3 Å². The second-order valence-electron chi connectivity index (χ2n) is 9.10. The highest BCUT2D eigenvalue weighted by molar-refractivity contribution is 7.99. The van der Waals surface area contributed by atoms with Crippen molar-refractivity contribution < 1.29 is 9.53 Å². The minimum Gasteiger partial charge on any atom is -0.381 e. The number of pyridine rings is 1. The predicted molar refractivity (Wildman–Crippen MR) is 140 cm³/mol. The third-order valence-corrected chi connectivity index (χ3v) is 8.07. The van der Waals surface area contributed by atoms with Gasteiger partial charge in [-0.05, 0) is 49.2 Å². The van der Waals surface area contributed by atoms with Gasteiger partial charge in [0.05, 0.1) is 5.56 Å². The Balaban J connectivity index is 1.26. The minimum atomic E-state index is -0.0777. The van der Waals surface area contributed by atoms with Crippen LogP contribution in [0.1, 0.15) is 23.2 Å². The lowest BCUT2D eigenvalue weighted by Crippen LogP contribution is -2.63. The quantitative estimate of drug-likeness (QED) is 0.534. The van der Waals surface area contributed by atoms with Gasteiger partial charge in [-0.25, -0.2) is 4.98 Å². The Kier molecular flexibility index (Phi) is 7.66. The van der Waals surface area contributed by atoms with Gasteiger partial charge in [0.15, 0.2) is 0 Å². The second kappa shape index (κ2) is 11.2. The summed E-state index contributed by atoms with van der Waals surface area (Å²) in [6.45, 7) is 6.01. The summed E-state index contributed by atoms with van der Waals surface area (Å²) in [6, 6.07) is 24.4. The van der Waals surface area contributed by atoms with Crippen molar-refractivity contribution in [2.75, 3.05) is 50.8 Å². The van der Waals surface area contributed by atoms with E-state index in [1.165, 1.54) is 17.4 Å². The average molecular weight is 489 g/mol. The van der Waals surface area contributed by atoms with Crippen LogP contribution in [0, 0.1) is 0 Å². The molecule has 0 bridgehead atoms. The number of ether oxygens (including phenoxy) is 1. The Bertz CT molecular complexity index is 1100. The van der Waals surface area contributed by atoms with Crippen LogP contribution < -0.4 is 10.2 Å². The van der Waals surface area contributed by atoms with Crippen LogP contribution >= 0.6 is 11.8 Å². The van der Waals surface area contributed by atoms with E-state index in [4.69, 9.17) is 4.74 Å². The molecule has 1 amide bonds. The molecule has 3 heterocycles. The zero-order chi connectivity index (χ0) is 23.9. The fourth-order valence-electron chi connectivity index (χ4n) is 5.02. The fraction of sp³-hybridized carbons (Fsp3) is 0.357. The summed E-state index contributed by atoms with van der Waals surface area (Å²) in [6.07, 6.45) is 3.60. The van der Waals surface area contributed by atoms with E-state index in [-0.39, 0.29) is 11.4 Å². The molecular formula is C28H32N4O2S. The molecule has 0 atom stereocenters. The van der Waals surface area contributed by atoms with Gasteiger partial charge in [-0.15, -0.1) is 0 Å². The van der Waals surface area contributed by atoms with Gasteiger partial charge in [-0.2, -0.15) is 0 Å². The standard InChI is InChI=1S/C28H32N4O2S/c33-26(25-12-7-15-29-27(25)35-24-10-5-2-6-11-24)30-22-28(13-20-34-21-14-28)32-18-16-31(17-19-32)23-8-3-1-4-9-23/h1-12,15H,13-14,16-22H2,(H,30,33). The minimum absolute atomic E-state index is 0.0645. The normalized spacial score (nSPS) is 18.2. The molecular weight excluding hydrogens is 456 g/mol. The maximum absolute atomic E-state index is 13.3. The maximum atomic E-state index is 13.3. The summed E-state index contributed by atoms with van der Waals surface area (Å²) in [5.74, 6) is -0.0645. The van der Waals surface area contributed by atoms with E-state index in [2.05, 4.69) is 50.4 Å². The van der Waals surface area contributed by atoms with Crippen LogP contribution in [0.4, 0.5) is 5.69 Å². The Morgan fingerprint density at radius 2 is 1.60 bits per heavy atom. The number of nitrogens with one attached hydrogen (secondary N) is 1. The molecule has 182 valence electrons. The Morgan fingerprint density at radius 1 is 0.914 bits per heavy atom. The van der Waals surface area contributed by atoms with E-state index >= 15 is 0 Å². The highest BCUT2D eigenvalue weighted by Gasteiger charge is 2.40. The molecule has 5 rings (SSSR count). The lowest BCUT2D eigenvalue weighted by Gasteiger charge is -2.50. The average Bonchev–Trinajstić information content (AvgIpc) is 2.94. The van der Waals surface area contributed by atoms with E-state index in [9.17, 15) is 4.79 Å². The predicted octanol–water partition coefficient (Wildman–Crippen LogP) is 4.33. The number of aromatic nitrogens is 1. The van der Waals surface area contributed by atoms with Crippen molar-refractivity contribution in [3.05, 3.63) is 84.6 Å². The Morgan fingerprint density at radius 3 is 2.31 bits per heavy atom. The molecule has 2 aliphatic rings. The van der Waals surface area contributed by atoms with E-state index in [1.807, 2.05) is 42.5 Å². The van der Waals surface area contributed by atoms with Crippen molar-refractivity contribution in [2.24, 2.45) is 0 Å². The molecule has 1 aromatic heterocycles. The Labute approximate surface area is 211 Å². The van der Waals surface area contributed by atoms with Gasteiger partial charge in [0.1, 0.15) is 5.03 Å². The summed E-state index contributed by atoms with van der Waals surface area (Å²) in [7, 11) is 0. The molecule has 2 aromatic carbocycles. The lowest BCUT2D eigenvalue weighted by molar-refractivity contribution is -0.0298. The first-order valence-electron chi connectivity index (χ1n) is 12.3. The largest absolute Gasteiger partial charge is 0.381 e. The van der Waals surface area contributed by atoms with Crippen LogP contribution in [0.25, 0.3) is 0 Å². The number of amides is 1. The molecule has 0 spiro atoms. The highest BCUT2D eigenvalue weighted by Crippen LogP contribution is 2.31. The van der Waals surface area contributed by atoms with Crippen LogP contribution in [0.3, 0.4) is 0 Å². The summed E-state index contributed by atoms with van der Waals surface area (Å²) < 4.78 is 5.72. The van der Waals surface area contributed by atoms with E-state index in [0.717, 1.165) is 62.2 Å². The van der Waals surface area contributed by atoms with Crippen molar-refractivity contribution in [1.82, 2.24) is 15.2 Å². The Hall–Kier alpha value is -2.87. The number of nitrogens with zero attached hydrogens (tertiary/aromatic N) is 3. The summed E-state index contributed by atoms with van der Waals surface area (Å²) in [4.78, 5) is 23.9. The van der Waals surface area contributed by atoms with Crippen LogP contribution in [-0.2, 0) is 4.74 Å². The monoisotopic (exact) mass is 488 g/mol. The van der Waals surface area contributed by atoms with E-state index in [1.54, 1.807) is 6.20 Å². The van der Waals surface area contributed by atoms with Crippen molar-refractivity contribution in [3.8, 4) is 0 Å². The molecule has 2 fully saturated rings. The number of hydrogen-bond donors (Lipinski definition) is 1. The fourth-order valence-corrected chi connectivity index (χ4v) is 5.92. The van der Waals surface area contributed by atoms with Gasteiger partial charge in [-0.1, -0.05) is 48.2 Å². The summed E-state index contributed by atoms with van der Waals surface area (Å²) in [5, 5.41) is 4.00. The number of carbonyl (C=O) groups is 1. The van der Waals surface area contributed by atoms with E-state index < -0.39 is 0 Å². The molecule has 0 saturated carbocycles. The number of para-hydroxylation sites is 1. The van der Waals surface area contributed by atoms with E-state index in [0.29, 0.717) is 12.1 Å². The summed E-state index contributed by atoms with van der Waals surface area (Å²) >= 11 is 1.52. The molecule has 35 heavy (non-hydrogen) atoms. The molecule has 2 saturated heterocycles. The van der Waals surface area contributed by atoms with Gasteiger partial charge in [-0.3, -0.25) is 9.69 Å². The molecule has 0 unspecified atom stereocenters. The van der Waals surface area contributed by atoms with Crippen LogP contribution in [0.5, 0.6) is 0 Å². The van der Waals surface area contributed by atoms with Crippen LogP contribution in [0.2, 0.25) is 0 Å². The summed E-state index contributed by atoms with van der Waals surface area (Å²) in [5.41, 5.74) is 1.82. The van der Waals surface area contributed by atoms with Crippen molar-refractivity contribution in [2.45, 2.75) is 28.3 Å². The second-order valence-corrected chi connectivity index (χ2v) is 10.2. The zero-order valence-electron chi connectivity index (χ0n) is 19.9. The smallest absolute Gasteiger partial charge is 0.254 e. The van der Waals surface area contributed by atoms with Gasteiger partial charge < -0.3 is 15.0 Å². The third-order valence-electron chi connectivity index (χ3n) is 7.05. The van der Waals surface area contributed by atoms with Crippen LogP contribution in [0.15, 0.2) is 88.9 Å². The maximum Gasteiger partial charge on any atom is 0.254 e. The molecule has 0 radical (unpaired) electrons. The first-order chi connectivity index (χ1) is 17.2. The number of anilines is 1. The number of piperazine rings is 1. The molecule has 3 aromatic rings. The van der Waals surface area contributed by atoms with Gasteiger partial charge in [0, 0.05) is 68.3 Å². The van der Waals surface area contributed by atoms with Gasteiger partial charge in [0.2, 0.25) is 0 Å². The molecule has 6 nitrogen and oxygen atoms in total. The lowest BCUT2D eigenvalue weighted by atomic mass is 9.87. The van der Waals surface area contributed by atoms with Crippen molar-refractivity contribution in [3.63, 3.8) is 0 Å². The molecule has 2 aliphatic heterocycles. The van der Waals surface area contributed by atoms with Crippen molar-refractivity contribution in [1.29, 1.82) is 0 Å². The third kappa shape index (κ3) is 5.69. The molecule has 7 heteroatoms. The molecule has 1 N–H and O–H groups in total. The van der Waals surface area contributed by atoms with Gasteiger partial charge >= 0.3 is 0 Å². The topological polar surface area (TPSA) is 57.7 Å². The number of carbonyl (C=O) groups excluding carboxylic acids is 1. The molecule has 0 aliphatic carbocycles. The van der Waals surface area contributed by atoms with Gasteiger partial charge in [0.25, 0.3) is 5.91 Å².